The van der Waals surface area contributed by atoms with Crippen LogP contribution in [0.3, 0.4) is 0 Å². The molecule has 6 heteroatoms. The van der Waals surface area contributed by atoms with Crippen molar-refractivity contribution in [3.05, 3.63) is 24.3 Å². The average molecular weight is 282 g/mol. The minimum absolute atomic E-state index is 0. The highest BCUT2D eigenvalue weighted by Crippen LogP contribution is 2.17. The maximum Gasteiger partial charge on any atom is 0.214 e. The third-order valence-electron chi connectivity index (χ3n) is 2.63. The van der Waals surface area contributed by atoms with Gasteiger partial charge in [0.15, 0.2) is 0 Å². The Kier molecular flexibility index (Phi) is 6.75. The van der Waals surface area contributed by atoms with E-state index < -0.39 is 5.95 Å². The summed E-state index contributed by atoms with van der Waals surface area (Å²) in [6.07, 6.45) is 1.52. The summed E-state index contributed by atoms with van der Waals surface area (Å²) in [6.45, 7) is 6.10. The van der Waals surface area contributed by atoms with Gasteiger partial charge >= 0.3 is 0 Å². The van der Waals surface area contributed by atoms with E-state index in [9.17, 15) is 4.39 Å². The predicted octanol–water partition coefficient (Wildman–Crippen LogP) is 2.25. The minimum atomic E-state index is -0.411. The Hall–Kier alpha value is -0.580. The van der Waals surface area contributed by atoms with Crippen LogP contribution in [0.2, 0.25) is 0 Å². The summed E-state index contributed by atoms with van der Waals surface area (Å²) in [7, 11) is 0. The highest BCUT2D eigenvalue weighted by molar-refractivity contribution is 5.85. The first-order valence-corrected chi connectivity index (χ1v) is 5.27. The molecule has 0 spiro atoms. The third kappa shape index (κ3) is 4.30. The number of halogens is 3. The molecule has 0 amide bonds. The van der Waals surface area contributed by atoms with Gasteiger partial charge < -0.3 is 10.2 Å². The summed E-state index contributed by atoms with van der Waals surface area (Å²) in [4.78, 5) is 5.75. The van der Waals surface area contributed by atoms with Crippen LogP contribution in [0.15, 0.2) is 18.3 Å². The number of anilines is 1. The fourth-order valence-electron chi connectivity index (χ4n) is 2.13. The van der Waals surface area contributed by atoms with Crippen molar-refractivity contribution in [2.45, 2.75) is 25.9 Å². The van der Waals surface area contributed by atoms with Gasteiger partial charge in [0.2, 0.25) is 5.95 Å². The van der Waals surface area contributed by atoms with E-state index in [1.54, 1.807) is 0 Å². The number of rotatable bonds is 1. The summed E-state index contributed by atoms with van der Waals surface area (Å²) < 4.78 is 13.0. The summed E-state index contributed by atoms with van der Waals surface area (Å²) in [6, 6.07) is 4.22. The second-order valence-corrected chi connectivity index (χ2v) is 4.21. The van der Waals surface area contributed by atoms with Crippen molar-refractivity contribution in [3.8, 4) is 0 Å². The first-order chi connectivity index (χ1) is 7.15. The molecule has 0 aliphatic carbocycles. The molecule has 3 nitrogen and oxygen atoms in total. The van der Waals surface area contributed by atoms with Gasteiger partial charge in [0.05, 0.1) is 0 Å². The summed E-state index contributed by atoms with van der Waals surface area (Å²) in [5.74, 6) is -0.411. The lowest BCUT2D eigenvalue weighted by Gasteiger charge is -2.37. The molecule has 0 radical (unpaired) electrons. The summed E-state index contributed by atoms with van der Waals surface area (Å²) >= 11 is 0. The summed E-state index contributed by atoms with van der Waals surface area (Å²) in [5, 5.41) is 3.44. The Bertz CT molecular complexity index is 341. The van der Waals surface area contributed by atoms with E-state index in [1.165, 1.54) is 12.3 Å². The molecule has 2 heterocycles. The smallest absolute Gasteiger partial charge is 0.214 e. The lowest BCUT2D eigenvalue weighted by molar-refractivity contribution is 0.406. The Morgan fingerprint density at radius 2 is 1.88 bits per heavy atom. The molecule has 0 saturated carbocycles. The molecule has 1 aromatic rings. The molecule has 98 valence electrons. The lowest BCUT2D eigenvalue weighted by atomic mass is 10.1. The molecule has 1 N–H and O–H groups in total. The molecule has 1 aliphatic rings. The Labute approximate surface area is 114 Å². The predicted molar refractivity (Wildman–Crippen MR) is 73.0 cm³/mol. The molecule has 1 aliphatic heterocycles. The number of nitrogens with one attached hydrogen (secondary N) is 1. The van der Waals surface area contributed by atoms with Crippen LogP contribution in [0.25, 0.3) is 0 Å². The zero-order valence-corrected chi connectivity index (χ0v) is 11.5. The maximum absolute atomic E-state index is 13.0. The third-order valence-corrected chi connectivity index (χ3v) is 2.63. The molecule has 0 aromatic carbocycles. The molecule has 1 fully saturated rings. The van der Waals surface area contributed by atoms with Crippen molar-refractivity contribution in [2.24, 2.45) is 0 Å². The number of nitrogens with zero attached hydrogens (tertiary/aromatic N) is 2. The van der Waals surface area contributed by atoms with Crippen molar-refractivity contribution in [3.63, 3.8) is 0 Å². The zero-order chi connectivity index (χ0) is 10.8. The van der Waals surface area contributed by atoms with E-state index >= 15 is 0 Å². The van der Waals surface area contributed by atoms with Crippen LogP contribution in [-0.4, -0.2) is 30.2 Å². The van der Waals surface area contributed by atoms with Crippen molar-refractivity contribution >= 4 is 30.5 Å². The second kappa shape index (κ2) is 6.99. The van der Waals surface area contributed by atoms with E-state index in [4.69, 9.17) is 0 Å². The van der Waals surface area contributed by atoms with E-state index in [1.807, 2.05) is 6.07 Å². The Balaban J connectivity index is 0.00000128. The number of pyridine rings is 1. The number of hydrogen-bond acceptors (Lipinski definition) is 3. The van der Waals surface area contributed by atoms with Crippen LogP contribution in [0, 0.1) is 5.95 Å². The van der Waals surface area contributed by atoms with Crippen LogP contribution in [0.1, 0.15) is 13.8 Å². The Morgan fingerprint density at radius 1 is 1.29 bits per heavy atom. The SMILES string of the molecule is C[C@@H]1CN(c2ccnc(F)c2)C[C@@H](C)N1.Cl.Cl. The van der Waals surface area contributed by atoms with Crippen LogP contribution in [0.5, 0.6) is 0 Å². The lowest BCUT2D eigenvalue weighted by Crippen LogP contribution is -2.54. The van der Waals surface area contributed by atoms with Gasteiger partial charge in [0, 0.05) is 43.1 Å². The van der Waals surface area contributed by atoms with Crippen LogP contribution >= 0.6 is 24.8 Å². The van der Waals surface area contributed by atoms with Gasteiger partial charge in [-0.1, -0.05) is 0 Å². The first kappa shape index (κ1) is 16.4. The van der Waals surface area contributed by atoms with Crippen molar-refractivity contribution in [2.75, 3.05) is 18.0 Å². The van der Waals surface area contributed by atoms with Crippen molar-refractivity contribution in [1.29, 1.82) is 0 Å². The molecule has 0 bridgehead atoms. The highest BCUT2D eigenvalue weighted by Gasteiger charge is 2.21. The molecular formula is C11H18Cl2FN3. The first-order valence-electron chi connectivity index (χ1n) is 5.27. The molecule has 17 heavy (non-hydrogen) atoms. The normalized spacial score (nSPS) is 23.6. The van der Waals surface area contributed by atoms with Gasteiger partial charge in [-0.25, -0.2) is 4.98 Å². The second-order valence-electron chi connectivity index (χ2n) is 4.21. The van der Waals surface area contributed by atoms with E-state index in [0.717, 1.165) is 18.8 Å². The zero-order valence-electron chi connectivity index (χ0n) is 9.89. The van der Waals surface area contributed by atoms with E-state index in [2.05, 4.69) is 29.0 Å². The topological polar surface area (TPSA) is 28.2 Å². The van der Waals surface area contributed by atoms with E-state index in [0.29, 0.717) is 12.1 Å². The van der Waals surface area contributed by atoms with Gasteiger partial charge in [-0.3, -0.25) is 0 Å². The van der Waals surface area contributed by atoms with Gasteiger partial charge in [-0.15, -0.1) is 24.8 Å². The average Bonchev–Trinajstić information content (AvgIpc) is 2.16. The van der Waals surface area contributed by atoms with Crippen LogP contribution < -0.4 is 10.2 Å². The van der Waals surface area contributed by atoms with Gasteiger partial charge in [0.1, 0.15) is 0 Å². The van der Waals surface area contributed by atoms with Crippen molar-refractivity contribution < 1.29 is 4.39 Å². The van der Waals surface area contributed by atoms with Gasteiger partial charge in [-0.05, 0) is 19.9 Å². The van der Waals surface area contributed by atoms with Crippen LogP contribution in [0.4, 0.5) is 10.1 Å². The number of aromatic nitrogens is 1. The fourth-order valence-corrected chi connectivity index (χ4v) is 2.13. The number of hydrogen-bond donors (Lipinski definition) is 1. The monoisotopic (exact) mass is 281 g/mol. The molecular weight excluding hydrogens is 264 g/mol. The number of piperazine rings is 1. The molecule has 2 atom stereocenters. The van der Waals surface area contributed by atoms with E-state index in [-0.39, 0.29) is 24.8 Å². The largest absolute Gasteiger partial charge is 0.368 e. The summed E-state index contributed by atoms with van der Waals surface area (Å²) in [5.41, 5.74) is 0.919. The molecule has 2 rings (SSSR count). The van der Waals surface area contributed by atoms with Crippen molar-refractivity contribution in [1.82, 2.24) is 10.3 Å². The minimum Gasteiger partial charge on any atom is -0.368 e. The van der Waals surface area contributed by atoms with Gasteiger partial charge in [-0.2, -0.15) is 4.39 Å². The fraction of sp³-hybridized carbons (Fsp3) is 0.545. The van der Waals surface area contributed by atoms with Gasteiger partial charge in [0.25, 0.3) is 0 Å². The Morgan fingerprint density at radius 3 is 2.41 bits per heavy atom. The molecule has 0 unspecified atom stereocenters. The standard InChI is InChI=1S/C11H16FN3.2ClH/c1-8-6-15(7-9(2)14-8)10-3-4-13-11(12)5-10;;/h3-5,8-9,14H,6-7H2,1-2H3;2*1H/t8-,9-;;/m1../s1. The quantitative estimate of drug-likeness (QED) is 0.801. The molecule has 1 saturated heterocycles. The van der Waals surface area contributed by atoms with Crippen LogP contribution in [-0.2, 0) is 0 Å². The highest BCUT2D eigenvalue weighted by atomic mass is 35.5. The molecule has 1 aromatic heterocycles. The maximum atomic E-state index is 13.0.